The molecule has 5 aromatic carbocycles. The molecular formula is C25H14O. The lowest BCUT2D eigenvalue weighted by Crippen LogP contribution is -2.20. The van der Waals surface area contributed by atoms with E-state index in [2.05, 4.69) is 72.8 Å². The van der Waals surface area contributed by atoms with Crippen molar-refractivity contribution in [1.29, 1.82) is 0 Å². The van der Waals surface area contributed by atoms with Gasteiger partial charge in [-0.15, -0.1) is 0 Å². The van der Waals surface area contributed by atoms with Gasteiger partial charge in [-0.3, -0.25) is 4.79 Å². The third-order valence-corrected chi connectivity index (χ3v) is 5.41. The average Bonchev–Trinajstić information content (AvgIpc) is 2.99. The first-order chi connectivity index (χ1) is 12.7. The Morgan fingerprint density at radius 2 is 0.769 bits per heavy atom. The summed E-state index contributed by atoms with van der Waals surface area (Å²) in [5.74, 6) is 0.0808. The molecule has 0 unspecified atom stereocenters. The summed E-state index contributed by atoms with van der Waals surface area (Å²) in [5.41, 5.74) is 0. The maximum atomic E-state index is 11.7. The van der Waals surface area contributed by atoms with Crippen molar-refractivity contribution in [2.45, 2.75) is 0 Å². The summed E-state index contributed by atoms with van der Waals surface area (Å²) >= 11 is 0. The Bertz CT molecular complexity index is 1420. The maximum absolute atomic E-state index is 11.7. The molecule has 6 rings (SSSR count). The van der Waals surface area contributed by atoms with Gasteiger partial charge in [0.15, 0.2) is 5.78 Å². The highest BCUT2D eigenvalue weighted by Gasteiger charge is 2.06. The van der Waals surface area contributed by atoms with Crippen LogP contribution in [0.15, 0.2) is 72.8 Å². The number of fused-ring (bicyclic) bond motifs is 5. The highest BCUT2D eigenvalue weighted by Crippen LogP contribution is 2.29. The smallest absolute Gasteiger partial charge is 0.179 e. The Balaban J connectivity index is 1.73. The van der Waals surface area contributed by atoms with Crippen LogP contribution in [-0.2, 0) is 4.79 Å². The first-order valence-electron chi connectivity index (χ1n) is 8.80. The molecule has 0 radical (unpaired) electrons. The van der Waals surface area contributed by atoms with Gasteiger partial charge in [0.05, 0.1) is 0 Å². The minimum Gasteiger partial charge on any atom is -0.290 e. The van der Waals surface area contributed by atoms with Gasteiger partial charge in [-0.2, -0.15) is 0 Å². The molecule has 0 amide bonds. The second kappa shape index (κ2) is 4.80. The molecule has 0 N–H and O–H groups in total. The van der Waals surface area contributed by atoms with Gasteiger partial charge in [0.1, 0.15) is 0 Å². The third kappa shape index (κ3) is 1.94. The number of carbonyl (C=O) groups excluding carboxylic acids is 1. The van der Waals surface area contributed by atoms with Crippen LogP contribution in [0.25, 0.3) is 55.2 Å². The van der Waals surface area contributed by atoms with E-state index < -0.39 is 0 Å². The van der Waals surface area contributed by atoms with E-state index in [1.807, 2.05) is 0 Å². The van der Waals surface area contributed by atoms with Crippen LogP contribution in [-0.4, -0.2) is 5.78 Å². The van der Waals surface area contributed by atoms with E-state index in [0.717, 1.165) is 10.4 Å². The number of rotatable bonds is 0. The molecular weight excluding hydrogens is 316 g/mol. The molecule has 1 aliphatic rings. The minimum absolute atomic E-state index is 0.0808. The summed E-state index contributed by atoms with van der Waals surface area (Å²) in [5, 5.41) is 11.9. The first kappa shape index (κ1) is 13.8. The van der Waals surface area contributed by atoms with Crippen molar-refractivity contribution in [1.82, 2.24) is 0 Å². The predicted octanol–water partition coefficient (Wildman–Crippen LogP) is 4.44. The number of Topliss-reactive ketones (excluding diaryl/α,β-unsaturated/α-hetero) is 1. The summed E-state index contributed by atoms with van der Waals surface area (Å²) in [6, 6.07) is 26.2. The Morgan fingerprint density at radius 3 is 1.19 bits per heavy atom. The molecule has 0 aliphatic heterocycles. The lowest BCUT2D eigenvalue weighted by Gasteiger charge is -2.07. The van der Waals surface area contributed by atoms with Crippen LogP contribution < -0.4 is 10.4 Å². The molecule has 1 nitrogen and oxygen atoms in total. The van der Waals surface area contributed by atoms with Crippen LogP contribution in [0.4, 0.5) is 0 Å². The van der Waals surface area contributed by atoms with Gasteiger partial charge in [-0.1, -0.05) is 24.3 Å². The molecule has 0 bridgehead atoms. The van der Waals surface area contributed by atoms with Crippen molar-refractivity contribution in [2.75, 3.05) is 0 Å². The second-order valence-electron chi connectivity index (χ2n) is 7.12. The summed E-state index contributed by atoms with van der Waals surface area (Å²) in [6.07, 6.45) is 3.43. The molecule has 120 valence electrons. The normalized spacial score (nSPS) is 13.3. The van der Waals surface area contributed by atoms with Gasteiger partial charge in [0, 0.05) is 0 Å². The predicted molar refractivity (Wildman–Crippen MR) is 110 cm³/mol. The largest absolute Gasteiger partial charge is 0.290 e. The molecule has 0 aromatic heterocycles. The molecule has 1 heteroatoms. The van der Waals surface area contributed by atoms with Crippen LogP contribution >= 0.6 is 0 Å². The van der Waals surface area contributed by atoms with Crippen molar-refractivity contribution in [3.8, 4) is 0 Å². The number of ketones is 1. The van der Waals surface area contributed by atoms with Gasteiger partial charge in [0.2, 0.25) is 0 Å². The van der Waals surface area contributed by atoms with Crippen LogP contribution in [0.1, 0.15) is 0 Å². The standard InChI is InChI=1S/C25H14O/c26-25-13-23-11-21-9-19-7-17-5-15-3-1-2-4-16(15)6-18(17)8-20(19)10-22(21)12-24(23)14-25/h1-14H. The summed E-state index contributed by atoms with van der Waals surface area (Å²) < 4.78 is 0. The maximum Gasteiger partial charge on any atom is 0.179 e. The topological polar surface area (TPSA) is 17.1 Å². The van der Waals surface area contributed by atoms with E-state index in [-0.39, 0.29) is 5.78 Å². The monoisotopic (exact) mass is 330 g/mol. The van der Waals surface area contributed by atoms with Gasteiger partial charge >= 0.3 is 0 Å². The van der Waals surface area contributed by atoms with Crippen LogP contribution in [0.5, 0.6) is 0 Å². The van der Waals surface area contributed by atoms with Crippen LogP contribution in [0, 0.1) is 0 Å². The molecule has 0 spiro atoms. The summed E-state index contributed by atoms with van der Waals surface area (Å²) in [4.78, 5) is 11.7. The SMILES string of the molecule is O=C1C=c2cc3cc4cc5cc6ccccc6cc5cc4cc3cc2=C1. The van der Waals surface area contributed by atoms with Gasteiger partial charge in [-0.05, 0) is 114 Å². The molecule has 1 aliphatic carbocycles. The number of hydrogen-bond donors (Lipinski definition) is 0. The lowest BCUT2D eigenvalue weighted by molar-refractivity contribution is -0.107. The molecule has 0 heterocycles. The molecule has 0 fully saturated rings. The van der Waals surface area contributed by atoms with Crippen molar-refractivity contribution in [3.63, 3.8) is 0 Å². The second-order valence-corrected chi connectivity index (χ2v) is 7.12. The van der Waals surface area contributed by atoms with Gasteiger partial charge in [-0.25, -0.2) is 0 Å². The number of hydrogen-bond acceptors (Lipinski definition) is 1. The first-order valence-corrected chi connectivity index (χ1v) is 8.80. The highest BCUT2D eigenvalue weighted by atomic mass is 16.1. The van der Waals surface area contributed by atoms with E-state index in [1.165, 1.54) is 43.1 Å². The van der Waals surface area contributed by atoms with E-state index in [4.69, 9.17) is 0 Å². The van der Waals surface area contributed by atoms with E-state index >= 15 is 0 Å². The zero-order valence-electron chi connectivity index (χ0n) is 14.0. The van der Waals surface area contributed by atoms with Gasteiger partial charge in [0.25, 0.3) is 0 Å². The quantitative estimate of drug-likeness (QED) is 0.384. The Hall–Kier alpha value is -3.45. The number of carbonyl (C=O) groups is 1. The lowest BCUT2D eigenvalue weighted by atomic mass is 9.97. The molecule has 5 aromatic rings. The summed E-state index contributed by atoms with van der Waals surface area (Å²) in [7, 11) is 0. The Morgan fingerprint density at radius 1 is 0.423 bits per heavy atom. The molecule has 0 atom stereocenters. The third-order valence-electron chi connectivity index (χ3n) is 5.41. The molecule has 0 saturated carbocycles. The fraction of sp³-hybridized carbons (Fsp3) is 0. The number of benzene rings is 5. The zero-order chi connectivity index (χ0) is 17.3. The van der Waals surface area contributed by atoms with E-state index in [0.29, 0.717) is 0 Å². The zero-order valence-corrected chi connectivity index (χ0v) is 14.0. The fourth-order valence-corrected chi connectivity index (χ4v) is 4.13. The fourth-order valence-electron chi connectivity index (χ4n) is 4.13. The van der Waals surface area contributed by atoms with E-state index in [1.54, 1.807) is 12.2 Å². The van der Waals surface area contributed by atoms with Crippen LogP contribution in [0.3, 0.4) is 0 Å². The molecule has 0 saturated heterocycles. The van der Waals surface area contributed by atoms with Crippen molar-refractivity contribution < 1.29 is 4.79 Å². The van der Waals surface area contributed by atoms with Crippen molar-refractivity contribution in [3.05, 3.63) is 83.2 Å². The van der Waals surface area contributed by atoms with Crippen LogP contribution in [0.2, 0.25) is 0 Å². The van der Waals surface area contributed by atoms with E-state index in [9.17, 15) is 4.79 Å². The van der Waals surface area contributed by atoms with Crippen molar-refractivity contribution in [2.24, 2.45) is 0 Å². The highest BCUT2D eigenvalue weighted by molar-refractivity contribution is 6.26. The van der Waals surface area contributed by atoms with Crippen molar-refractivity contribution >= 4 is 61.0 Å². The molecule has 26 heavy (non-hydrogen) atoms. The minimum atomic E-state index is 0.0808. The Labute approximate surface area is 149 Å². The Kier molecular flexibility index (Phi) is 2.55. The summed E-state index contributed by atoms with van der Waals surface area (Å²) in [6.45, 7) is 0. The average molecular weight is 330 g/mol. The van der Waals surface area contributed by atoms with Gasteiger partial charge < -0.3 is 0 Å².